The molecule has 0 aliphatic heterocycles. The van der Waals surface area contributed by atoms with Gasteiger partial charge in [-0.1, -0.05) is 36.9 Å². The summed E-state index contributed by atoms with van der Waals surface area (Å²) in [7, 11) is 0. The van der Waals surface area contributed by atoms with E-state index in [-0.39, 0.29) is 5.97 Å². The third-order valence-electron chi connectivity index (χ3n) is 1.81. The van der Waals surface area contributed by atoms with Crippen LogP contribution in [0.4, 0.5) is 0 Å². The molecule has 3 nitrogen and oxygen atoms in total. The number of benzene rings is 1. The van der Waals surface area contributed by atoms with Crippen LogP contribution < -0.4 is 0 Å². The second-order valence-electron chi connectivity index (χ2n) is 5.01. The van der Waals surface area contributed by atoms with Crippen molar-refractivity contribution in [3.8, 4) is 0 Å². The molecule has 19 heavy (non-hydrogen) atoms. The van der Waals surface area contributed by atoms with E-state index in [1.165, 1.54) is 0 Å². The summed E-state index contributed by atoms with van der Waals surface area (Å²) in [5.41, 5.74) is 1.05. The smallest absolute Gasteiger partial charge is 0.333 e. The third-order valence-corrected chi connectivity index (χ3v) is 1.81. The number of carbonyl (C=O) groups excluding carboxylic acids is 1. The molecule has 0 unspecified atom stereocenters. The highest BCUT2D eigenvalue weighted by molar-refractivity contribution is 5.87. The van der Waals surface area contributed by atoms with Gasteiger partial charge >= 0.3 is 5.97 Å². The Balaban J connectivity index is 0.000000342. The van der Waals surface area contributed by atoms with Gasteiger partial charge in [0.1, 0.15) is 5.60 Å². The summed E-state index contributed by atoms with van der Waals surface area (Å²) in [6.07, 6.45) is 2.68. The molecule has 1 aromatic rings. The first-order valence-corrected chi connectivity index (χ1v) is 6.01. The fourth-order valence-electron chi connectivity index (χ4n) is 1.02. The van der Waals surface area contributed by atoms with Crippen LogP contribution >= 0.6 is 0 Å². The maximum atomic E-state index is 10.8. The number of hydrogen-bond donors (Lipinski definition) is 1. The average molecular weight is 262 g/mol. The molecule has 0 aliphatic carbocycles. The summed E-state index contributed by atoms with van der Waals surface area (Å²) in [5.74, 6) is -0.326. The van der Waals surface area contributed by atoms with Crippen molar-refractivity contribution in [1.29, 1.82) is 0 Å². The van der Waals surface area contributed by atoms with Gasteiger partial charge in [-0.15, -0.1) is 0 Å². The minimum Gasteiger partial charge on any atom is -0.516 e. The second kappa shape index (κ2) is 8.14. The highest BCUT2D eigenvalue weighted by Gasteiger charge is 2.15. The lowest BCUT2D eigenvalue weighted by Crippen LogP contribution is -2.23. The van der Waals surface area contributed by atoms with Crippen LogP contribution in [-0.2, 0) is 9.53 Å². The molecule has 0 aliphatic rings. The maximum Gasteiger partial charge on any atom is 0.333 e. The predicted octanol–water partition coefficient (Wildman–Crippen LogP) is 4.12. The van der Waals surface area contributed by atoms with Gasteiger partial charge in [0.25, 0.3) is 0 Å². The standard InChI is InChI=1S/C8H14O2.C8H8O/c1-6(2)7(9)10-8(3,4)5;9-7-6-8-4-2-1-3-5-8/h1H2,2-5H3;1-7,9H. The van der Waals surface area contributed by atoms with E-state index in [1.807, 2.05) is 51.1 Å². The first kappa shape index (κ1) is 17.0. The first-order valence-electron chi connectivity index (χ1n) is 6.01. The largest absolute Gasteiger partial charge is 0.516 e. The minimum atomic E-state index is -0.407. The summed E-state index contributed by atoms with van der Waals surface area (Å²) in [6, 6.07) is 9.64. The van der Waals surface area contributed by atoms with Crippen molar-refractivity contribution in [2.45, 2.75) is 33.3 Å². The van der Waals surface area contributed by atoms with Gasteiger partial charge in [-0.3, -0.25) is 0 Å². The lowest BCUT2D eigenvalue weighted by atomic mass is 10.2. The lowest BCUT2D eigenvalue weighted by Gasteiger charge is -2.19. The van der Waals surface area contributed by atoms with E-state index < -0.39 is 5.60 Å². The molecule has 0 saturated carbocycles. The van der Waals surface area contributed by atoms with Crippen molar-refractivity contribution < 1.29 is 14.6 Å². The van der Waals surface area contributed by atoms with Crippen LogP contribution in [-0.4, -0.2) is 16.7 Å². The van der Waals surface area contributed by atoms with Gasteiger partial charge in [0.2, 0.25) is 0 Å². The molecule has 104 valence electrons. The summed E-state index contributed by atoms with van der Waals surface area (Å²) in [6.45, 7) is 10.6. The van der Waals surface area contributed by atoms with Crippen LogP contribution in [0, 0.1) is 0 Å². The third kappa shape index (κ3) is 9.65. The zero-order valence-corrected chi connectivity index (χ0v) is 12.0. The van der Waals surface area contributed by atoms with Crippen molar-refractivity contribution >= 4 is 12.0 Å². The quantitative estimate of drug-likeness (QED) is 0.495. The van der Waals surface area contributed by atoms with Gasteiger partial charge in [0.05, 0.1) is 6.26 Å². The zero-order valence-electron chi connectivity index (χ0n) is 12.0. The van der Waals surface area contributed by atoms with E-state index in [9.17, 15) is 4.79 Å². The Labute approximate surface area is 115 Å². The number of esters is 1. The number of rotatable bonds is 2. The van der Waals surface area contributed by atoms with Gasteiger partial charge in [-0.2, -0.15) is 0 Å². The van der Waals surface area contributed by atoms with E-state index in [2.05, 4.69) is 6.58 Å². The molecular formula is C16H22O3. The summed E-state index contributed by atoms with van der Waals surface area (Å²) < 4.78 is 4.96. The van der Waals surface area contributed by atoms with Crippen LogP contribution in [0.25, 0.3) is 6.08 Å². The SMILES string of the molecule is C=C(C)C(=O)OC(C)(C)C.OC=Cc1ccccc1. The molecule has 0 heterocycles. The van der Waals surface area contributed by atoms with E-state index >= 15 is 0 Å². The number of aliphatic hydroxyl groups excluding tert-OH is 1. The van der Waals surface area contributed by atoms with Crippen molar-refractivity contribution in [2.75, 3.05) is 0 Å². The second-order valence-corrected chi connectivity index (χ2v) is 5.01. The molecular weight excluding hydrogens is 240 g/mol. The van der Waals surface area contributed by atoms with E-state index in [0.29, 0.717) is 5.57 Å². The molecule has 0 saturated heterocycles. The molecule has 0 radical (unpaired) electrons. The Hall–Kier alpha value is -2.03. The molecule has 0 fully saturated rings. The van der Waals surface area contributed by atoms with Crippen LogP contribution in [0.5, 0.6) is 0 Å². The molecule has 0 atom stereocenters. The maximum absolute atomic E-state index is 10.8. The molecule has 0 spiro atoms. The Kier molecular flexibility index (Phi) is 7.27. The monoisotopic (exact) mass is 262 g/mol. The van der Waals surface area contributed by atoms with Crippen LogP contribution in [0.2, 0.25) is 0 Å². The van der Waals surface area contributed by atoms with Crippen molar-refractivity contribution in [3.63, 3.8) is 0 Å². The Morgan fingerprint density at radius 1 is 1.26 bits per heavy atom. The summed E-state index contributed by atoms with van der Waals surface area (Å²) in [5, 5.41) is 8.34. The van der Waals surface area contributed by atoms with E-state index in [4.69, 9.17) is 9.84 Å². The summed E-state index contributed by atoms with van der Waals surface area (Å²) >= 11 is 0. The highest BCUT2D eigenvalue weighted by atomic mass is 16.6. The van der Waals surface area contributed by atoms with Gasteiger partial charge in [0.15, 0.2) is 0 Å². The first-order chi connectivity index (χ1) is 8.76. The molecule has 0 aromatic heterocycles. The molecule has 1 rings (SSSR count). The van der Waals surface area contributed by atoms with Gasteiger partial charge < -0.3 is 9.84 Å². The zero-order chi connectivity index (χ0) is 14.9. The normalized spacial score (nSPS) is 10.5. The van der Waals surface area contributed by atoms with Crippen LogP contribution in [0.3, 0.4) is 0 Å². The van der Waals surface area contributed by atoms with Crippen molar-refractivity contribution in [2.24, 2.45) is 0 Å². The fraction of sp³-hybridized carbons (Fsp3) is 0.312. The Bertz CT molecular complexity index is 425. The number of hydrogen-bond acceptors (Lipinski definition) is 3. The lowest BCUT2D eigenvalue weighted by molar-refractivity contribution is -0.149. The van der Waals surface area contributed by atoms with Gasteiger partial charge in [0, 0.05) is 5.57 Å². The van der Waals surface area contributed by atoms with Crippen LogP contribution in [0.1, 0.15) is 33.3 Å². The molecule has 3 heteroatoms. The molecule has 1 aromatic carbocycles. The van der Waals surface area contributed by atoms with Crippen LogP contribution in [0.15, 0.2) is 48.7 Å². The van der Waals surface area contributed by atoms with Gasteiger partial charge in [-0.05, 0) is 39.3 Å². The van der Waals surface area contributed by atoms with Crippen molar-refractivity contribution in [3.05, 3.63) is 54.3 Å². The number of carbonyl (C=O) groups is 1. The number of ether oxygens (including phenoxy) is 1. The topological polar surface area (TPSA) is 46.5 Å². The predicted molar refractivity (Wildman–Crippen MR) is 78.8 cm³/mol. The van der Waals surface area contributed by atoms with Gasteiger partial charge in [-0.25, -0.2) is 4.79 Å². The average Bonchev–Trinajstić information content (AvgIpc) is 2.29. The summed E-state index contributed by atoms with van der Waals surface area (Å²) in [4.78, 5) is 10.8. The fourth-order valence-corrected chi connectivity index (χ4v) is 1.02. The van der Waals surface area contributed by atoms with E-state index in [0.717, 1.165) is 11.8 Å². The minimum absolute atomic E-state index is 0.326. The molecule has 0 bridgehead atoms. The highest BCUT2D eigenvalue weighted by Crippen LogP contribution is 2.09. The van der Waals surface area contributed by atoms with E-state index in [1.54, 1.807) is 13.0 Å². The Morgan fingerprint density at radius 2 is 1.79 bits per heavy atom. The number of aliphatic hydroxyl groups is 1. The molecule has 0 amide bonds. The molecule has 1 N–H and O–H groups in total. The van der Waals surface area contributed by atoms with Crippen molar-refractivity contribution in [1.82, 2.24) is 0 Å². The Morgan fingerprint density at radius 3 is 2.11 bits per heavy atom.